The average molecular weight is 235 g/mol. The molecule has 0 N–H and O–H groups in total. The van der Waals surface area contributed by atoms with Crippen LogP contribution in [-0.2, 0) is 11.3 Å². The first-order chi connectivity index (χ1) is 8.92. The highest BCUT2D eigenvalue weighted by Gasteiger charge is 2.21. The summed E-state index contributed by atoms with van der Waals surface area (Å²) in [6.45, 7) is 0. The molecule has 0 bridgehead atoms. The molecule has 2 aromatic rings. The maximum Gasteiger partial charge on any atom is 0.157 e. The molecule has 0 amide bonds. The lowest BCUT2D eigenvalue weighted by molar-refractivity contribution is 0.0857. The van der Waals surface area contributed by atoms with Crippen LogP contribution in [0.2, 0.25) is 0 Å². The second-order valence-electron chi connectivity index (χ2n) is 4.87. The van der Waals surface area contributed by atoms with Gasteiger partial charge in [-0.1, -0.05) is 47.6 Å². The molecule has 0 aromatic heterocycles. The Bertz CT molecular complexity index is 637. The van der Waals surface area contributed by atoms with Crippen molar-refractivity contribution in [1.29, 1.82) is 0 Å². The van der Waals surface area contributed by atoms with Crippen LogP contribution in [0.4, 0.5) is 0 Å². The molecule has 2 aromatic carbocycles. The minimum atomic E-state index is 0.110. The molecule has 1 aliphatic carbocycles. The quantitative estimate of drug-likeness (QED) is 0.630. The molecule has 0 saturated carbocycles. The molecular formula is C16H13NO. The zero-order valence-electron chi connectivity index (χ0n) is 9.97. The van der Waals surface area contributed by atoms with Crippen molar-refractivity contribution in [1.82, 2.24) is 0 Å². The van der Waals surface area contributed by atoms with E-state index in [1.807, 2.05) is 6.21 Å². The molecule has 0 saturated heterocycles. The fourth-order valence-corrected chi connectivity index (χ4v) is 2.86. The van der Waals surface area contributed by atoms with Gasteiger partial charge in [0, 0.05) is 12.6 Å². The highest BCUT2D eigenvalue weighted by Crippen LogP contribution is 2.38. The highest BCUT2D eigenvalue weighted by atomic mass is 16.6. The van der Waals surface area contributed by atoms with Crippen molar-refractivity contribution in [2.75, 3.05) is 0 Å². The van der Waals surface area contributed by atoms with Crippen molar-refractivity contribution in [2.24, 2.45) is 5.16 Å². The fourth-order valence-electron chi connectivity index (χ4n) is 2.86. The predicted octanol–water partition coefficient (Wildman–Crippen LogP) is 3.71. The molecule has 2 aliphatic rings. The Labute approximate surface area is 106 Å². The Kier molecular flexibility index (Phi) is 2.04. The van der Waals surface area contributed by atoms with Gasteiger partial charge in [0.1, 0.15) is 0 Å². The second-order valence-corrected chi connectivity index (χ2v) is 4.87. The van der Waals surface area contributed by atoms with E-state index in [1.54, 1.807) is 0 Å². The third-order valence-electron chi connectivity index (χ3n) is 3.77. The van der Waals surface area contributed by atoms with Crippen LogP contribution in [0, 0.1) is 0 Å². The van der Waals surface area contributed by atoms with Crippen molar-refractivity contribution < 1.29 is 4.84 Å². The third kappa shape index (κ3) is 1.39. The average Bonchev–Trinajstić information content (AvgIpc) is 3.05. The zero-order valence-corrected chi connectivity index (χ0v) is 9.97. The van der Waals surface area contributed by atoms with Crippen LogP contribution in [0.5, 0.6) is 0 Å². The lowest BCUT2D eigenvalue weighted by atomic mass is 10.00. The number of hydrogen-bond acceptors (Lipinski definition) is 2. The molecular weight excluding hydrogens is 222 g/mol. The van der Waals surface area contributed by atoms with Gasteiger partial charge in [-0.05, 0) is 34.2 Å². The minimum absolute atomic E-state index is 0.110. The van der Waals surface area contributed by atoms with E-state index >= 15 is 0 Å². The van der Waals surface area contributed by atoms with E-state index in [2.05, 4.69) is 47.6 Å². The first kappa shape index (κ1) is 9.89. The molecule has 4 rings (SSSR count). The molecule has 0 radical (unpaired) electrons. The Morgan fingerprint density at radius 1 is 1.00 bits per heavy atom. The summed E-state index contributed by atoms with van der Waals surface area (Å²) in [5.41, 5.74) is 6.81. The van der Waals surface area contributed by atoms with Crippen LogP contribution >= 0.6 is 0 Å². The van der Waals surface area contributed by atoms with Gasteiger partial charge >= 0.3 is 0 Å². The summed E-state index contributed by atoms with van der Waals surface area (Å²) in [4.78, 5) is 5.35. The van der Waals surface area contributed by atoms with E-state index in [4.69, 9.17) is 4.84 Å². The van der Waals surface area contributed by atoms with Crippen molar-refractivity contribution in [3.05, 3.63) is 59.2 Å². The summed E-state index contributed by atoms with van der Waals surface area (Å²) >= 11 is 0. The van der Waals surface area contributed by atoms with Crippen molar-refractivity contribution in [2.45, 2.75) is 18.9 Å². The van der Waals surface area contributed by atoms with Crippen LogP contribution in [0.25, 0.3) is 11.1 Å². The predicted molar refractivity (Wildman–Crippen MR) is 71.6 cm³/mol. The van der Waals surface area contributed by atoms with E-state index in [0.29, 0.717) is 0 Å². The molecule has 0 spiro atoms. The minimum Gasteiger partial charge on any atom is -0.388 e. The molecule has 1 aliphatic heterocycles. The van der Waals surface area contributed by atoms with Crippen molar-refractivity contribution in [3.8, 4) is 11.1 Å². The van der Waals surface area contributed by atoms with Crippen LogP contribution < -0.4 is 0 Å². The van der Waals surface area contributed by atoms with Crippen LogP contribution in [0.3, 0.4) is 0 Å². The highest BCUT2D eigenvalue weighted by molar-refractivity contribution is 5.77. The first-order valence-electron chi connectivity index (χ1n) is 6.30. The fraction of sp³-hybridized carbons (Fsp3) is 0.188. The van der Waals surface area contributed by atoms with E-state index < -0.39 is 0 Å². The van der Waals surface area contributed by atoms with Gasteiger partial charge in [-0.3, -0.25) is 0 Å². The molecule has 1 heterocycles. The Morgan fingerprint density at radius 2 is 1.89 bits per heavy atom. The van der Waals surface area contributed by atoms with E-state index in [1.165, 1.54) is 27.8 Å². The number of benzene rings is 2. The van der Waals surface area contributed by atoms with Crippen molar-refractivity contribution in [3.63, 3.8) is 0 Å². The number of oxime groups is 1. The Hall–Kier alpha value is -2.09. The summed E-state index contributed by atoms with van der Waals surface area (Å²) in [6.07, 6.45) is 3.87. The Morgan fingerprint density at radius 3 is 2.78 bits per heavy atom. The Balaban J connectivity index is 1.77. The topological polar surface area (TPSA) is 21.6 Å². The van der Waals surface area contributed by atoms with Gasteiger partial charge < -0.3 is 4.84 Å². The monoisotopic (exact) mass is 235 g/mol. The summed E-state index contributed by atoms with van der Waals surface area (Å²) < 4.78 is 0. The maximum absolute atomic E-state index is 5.35. The largest absolute Gasteiger partial charge is 0.388 e. The molecule has 88 valence electrons. The van der Waals surface area contributed by atoms with E-state index in [0.717, 1.165) is 12.8 Å². The van der Waals surface area contributed by atoms with Gasteiger partial charge in [-0.2, -0.15) is 0 Å². The number of hydrogen-bond donors (Lipinski definition) is 0. The molecule has 1 atom stereocenters. The summed E-state index contributed by atoms with van der Waals surface area (Å²) in [5.74, 6) is 0. The SMILES string of the molecule is C1=NOC(c2ccc3c(c2)Cc2ccccc2-3)C1. The first-order valence-corrected chi connectivity index (χ1v) is 6.30. The van der Waals surface area contributed by atoms with Gasteiger partial charge in [0.25, 0.3) is 0 Å². The zero-order chi connectivity index (χ0) is 11.9. The van der Waals surface area contributed by atoms with Gasteiger partial charge in [-0.15, -0.1) is 0 Å². The van der Waals surface area contributed by atoms with Gasteiger partial charge in [0.15, 0.2) is 6.10 Å². The lowest BCUT2D eigenvalue weighted by Crippen LogP contribution is -1.96. The molecule has 0 fully saturated rings. The summed E-state index contributed by atoms with van der Waals surface area (Å²) in [6, 6.07) is 15.3. The smallest absolute Gasteiger partial charge is 0.157 e. The van der Waals surface area contributed by atoms with E-state index in [-0.39, 0.29) is 6.10 Å². The molecule has 2 heteroatoms. The summed E-state index contributed by atoms with van der Waals surface area (Å²) in [7, 11) is 0. The molecule has 2 nitrogen and oxygen atoms in total. The number of rotatable bonds is 1. The van der Waals surface area contributed by atoms with Crippen LogP contribution in [-0.4, -0.2) is 6.21 Å². The molecule has 1 unspecified atom stereocenters. The van der Waals surface area contributed by atoms with Crippen LogP contribution in [0.1, 0.15) is 29.2 Å². The third-order valence-corrected chi connectivity index (χ3v) is 3.77. The van der Waals surface area contributed by atoms with Gasteiger partial charge in [-0.25, -0.2) is 0 Å². The number of fused-ring (bicyclic) bond motifs is 3. The molecule has 18 heavy (non-hydrogen) atoms. The van der Waals surface area contributed by atoms with E-state index in [9.17, 15) is 0 Å². The lowest BCUT2D eigenvalue weighted by Gasteiger charge is -2.10. The maximum atomic E-state index is 5.35. The van der Waals surface area contributed by atoms with Crippen LogP contribution in [0.15, 0.2) is 47.6 Å². The van der Waals surface area contributed by atoms with Gasteiger partial charge in [0.05, 0.1) is 0 Å². The standard InChI is InChI=1S/C16H13NO/c1-2-4-14-11(3-1)9-13-10-12(5-6-15(13)14)16-7-8-17-18-16/h1-6,8,10,16H,7,9H2. The van der Waals surface area contributed by atoms with Crippen molar-refractivity contribution >= 4 is 6.21 Å². The summed E-state index contributed by atoms with van der Waals surface area (Å²) in [5, 5.41) is 3.85. The normalized spacial score (nSPS) is 19.4. The van der Waals surface area contributed by atoms with Gasteiger partial charge in [0.2, 0.25) is 0 Å². The second kappa shape index (κ2) is 3.70. The number of nitrogens with zero attached hydrogens (tertiary/aromatic N) is 1.